The van der Waals surface area contributed by atoms with Gasteiger partial charge in [0.05, 0.1) is 11.8 Å². The van der Waals surface area contributed by atoms with Crippen LogP contribution in [0.5, 0.6) is 17.2 Å². The normalized spacial score (nSPS) is 31.1. The lowest BCUT2D eigenvalue weighted by Crippen LogP contribution is -2.69. The van der Waals surface area contributed by atoms with Crippen LogP contribution >= 0.6 is 0 Å². The Kier molecular flexibility index (Phi) is 5.81. The molecule has 0 unspecified atom stereocenters. The molecule has 5 atom stereocenters. The molecule has 208 valence electrons. The minimum absolute atomic E-state index is 0.0700. The maximum absolute atomic E-state index is 13.7. The Bertz CT molecular complexity index is 1420. The molecule has 2 saturated carbocycles. The van der Waals surface area contributed by atoms with Crippen molar-refractivity contribution >= 4 is 16.0 Å². The fourth-order valence-electron chi connectivity index (χ4n) is 8.21. The molecule has 9 heteroatoms. The number of hydrogen-bond donors (Lipinski definition) is 1. The van der Waals surface area contributed by atoms with Crippen LogP contribution in [0.4, 0.5) is 0 Å². The fraction of sp³-hybridized carbons (Fsp3) is 0.567. The summed E-state index contributed by atoms with van der Waals surface area (Å²) in [5.74, 6) is 1.38. The summed E-state index contributed by atoms with van der Waals surface area (Å²) in [4.78, 5) is 14.6. The number of phenols is 1. The highest BCUT2D eigenvalue weighted by atomic mass is 32.2. The van der Waals surface area contributed by atoms with Crippen LogP contribution in [0, 0.1) is 11.8 Å². The van der Waals surface area contributed by atoms with E-state index >= 15 is 0 Å². The third-order valence-corrected chi connectivity index (χ3v) is 11.9. The van der Waals surface area contributed by atoms with E-state index in [0.29, 0.717) is 12.2 Å². The van der Waals surface area contributed by atoms with Crippen molar-refractivity contribution in [3.8, 4) is 17.2 Å². The van der Waals surface area contributed by atoms with Gasteiger partial charge in [0, 0.05) is 49.2 Å². The number of aromatic hydroxyl groups is 1. The maximum atomic E-state index is 13.7. The van der Waals surface area contributed by atoms with Crippen molar-refractivity contribution in [1.29, 1.82) is 0 Å². The second kappa shape index (κ2) is 8.94. The SMILES string of the molecule is CC(=O)Oc1cc(O)c2c3c1O[C@H]1[C@@H](N(C)S(=O)(=O)Cc4ccccc4)CC[C@H]4[C@@H](C2)N(CC2CC2)CC[C@@]341. The van der Waals surface area contributed by atoms with Gasteiger partial charge in [0.1, 0.15) is 11.9 Å². The van der Waals surface area contributed by atoms with Gasteiger partial charge in [0.25, 0.3) is 0 Å². The number of esters is 1. The minimum atomic E-state index is -3.63. The third kappa shape index (κ3) is 3.91. The summed E-state index contributed by atoms with van der Waals surface area (Å²) >= 11 is 0. The van der Waals surface area contributed by atoms with Gasteiger partial charge in [0.15, 0.2) is 11.5 Å². The highest BCUT2D eigenvalue weighted by Gasteiger charge is 2.67. The third-order valence-electron chi connectivity index (χ3n) is 10.0. The molecule has 1 spiro atoms. The zero-order valence-corrected chi connectivity index (χ0v) is 23.3. The molecule has 2 aromatic rings. The molecule has 3 fully saturated rings. The number of benzene rings is 2. The lowest BCUT2D eigenvalue weighted by Gasteiger charge is -2.60. The molecule has 2 aliphatic heterocycles. The number of piperidine rings is 1. The van der Waals surface area contributed by atoms with Gasteiger partial charge in [-0.25, -0.2) is 8.42 Å². The first-order valence-corrected chi connectivity index (χ1v) is 15.8. The molecule has 2 heterocycles. The Morgan fingerprint density at radius 1 is 1.21 bits per heavy atom. The van der Waals surface area contributed by atoms with Crippen molar-refractivity contribution < 1.29 is 27.8 Å². The average Bonchev–Trinajstić information content (AvgIpc) is 3.65. The van der Waals surface area contributed by atoms with Crippen LogP contribution in [0.1, 0.15) is 55.7 Å². The number of likely N-dealkylation sites (tertiary alicyclic amines) is 1. The predicted octanol–water partition coefficient (Wildman–Crippen LogP) is 3.60. The molecule has 39 heavy (non-hydrogen) atoms. The largest absolute Gasteiger partial charge is 0.508 e. The van der Waals surface area contributed by atoms with Gasteiger partial charge in [-0.1, -0.05) is 30.3 Å². The van der Waals surface area contributed by atoms with Crippen molar-refractivity contribution in [2.24, 2.45) is 11.8 Å². The zero-order chi connectivity index (χ0) is 27.1. The van der Waals surface area contributed by atoms with E-state index in [0.717, 1.165) is 55.0 Å². The summed E-state index contributed by atoms with van der Waals surface area (Å²) in [6.45, 7) is 3.35. The van der Waals surface area contributed by atoms with Crippen molar-refractivity contribution in [3.05, 3.63) is 53.1 Å². The van der Waals surface area contributed by atoms with Gasteiger partial charge in [-0.3, -0.25) is 9.69 Å². The molecule has 1 N–H and O–H groups in total. The van der Waals surface area contributed by atoms with Crippen LogP contribution in [0.15, 0.2) is 36.4 Å². The molecule has 1 saturated heterocycles. The van der Waals surface area contributed by atoms with E-state index in [4.69, 9.17) is 9.47 Å². The van der Waals surface area contributed by atoms with Gasteiger partial charge >= 0.3 is 5.97 Å². The molecule has 8 nitrogen and oxygen atoms in total. The minimum Gasteiger partial charge on any atom is -0.508 e. The summed E-state index contributed by atoms with van der Waals surface area (Å²) in [6, 6.07) is 10.7. The first-order valence-electron chi connectivity index (χ1n) is 14.2. The first kappa shape index (κ1) is 25.4. The lowest BCUT2D eigenvalue weighted by atomic mass is 9.51. The van der Waals surface area contributed by atoms with Crippen molar-refractivity contribution in [3.63, 3.8) is 0 Å². The molecule has 2 aromatic carbocycles. The van der Waals surface area contributed by atoms with E-state index in [2.05, 4.69) is 4.90 Å². The van der Waals surface area contributed by atoms with Crippen molar-refractivity contribution in [2.75, 3.05) is 20.1 Å². The van der Waals surface area contributed by atoms with Gasteiger partial charge in [0.2, 0.25) is 10.0 Å². The number of ether oxygens (including phenoxy) is 2. The molecule has 2 bridgehead atoms. The van der Waals surface area contributed by atoms with Crippen LogP contribution in [-0.4, -0.2) is 67.0 Å². The smallest absolute Gasteiger partial charge is 0.308 e. The standard InChI is InChI=1S/C30H36N2O6S/c1-18(33)37-26-15-25(34)21-14-24-22-10-11-23(31(2)39(35,36)17-20-6-4-3-5-7-20)29-30(22,27(21)28(26)38-29)12-13-32(24)16-19-8-9-19/h3-7,15,19,22-24,29,34H,8-14,16-17H2,1-2H3/t22-,23-,24+,29-,30-/m0/s1. The fourth-order valence-corrected chi connectivity index (χ4v) is 9.65. The van der Waals surface area contributed by atoms with Crippen LogP contribution in [0.25, 0.3) is 0 Å². The molecule has 3 aliphatic carbocycles. The summed E-state index contributed by atoms with van der Waals surface area (Å²) in [5, 5.41) is 11.2. The number of carbonyl (C=O) groups excluding carboxylic acids is 1. The van der Waals surface area contributed by atoms with Crippen LogP contribution < -0.4 is 9.47 Å². The summed E-state index contributed by atoms with van der Waals surface area (Å²) in [5.41, 5.74) is 2.15. The molecule has 0 radical (unpaired) electrons. The highest BCUT2D eigenvalue weighted by Crippen LogP contribution is 2.66. The number of sulfonamides is 1. The van der Waals surface area contributed by atoms with Gasteiger partial charge in [-0.05, 0) is 62.5 Å². The average molecular weight is 553 g/mol. The van der Waals surface area contributed by atoms with Gasteiger partial charge < -0.3 is 14.6 Å². The Morgan fingerprint density at radius 2 is 1.97 bits per heavy atom. The van der Waals surface area contributed by atoms with E-state index < -0.39 is 27.5 Å². The van der Waals surface area contributed by atoms with Crippen LogP contribution in [0.3, 0.4) is 0 Å². The molecule has 7 rings (SSSR count). The Morgan fingerprint density at radius 3 is 2.69 bits per heavy atom. The number of phenolic OH excluding ortho intramolecular Hbond substituents is 1. The molecular weight excluding hydrogens is 516 g/mol. The monoisotopic (exact) mass is 552 g/mol. The van der Waals surface area contributed by atoms with E-state index in [9.17, 15) is 18.3 Å². The second-order valence-electron chi connectivity index (χ2n) is 12.2. The quantitative estimate of drug-likeness (QED) is 0.414. The number of rotatable bonds is 7. The van der Waals surface area contributed by atoms with Crippen LogP contribution in [0.2, 0.25) is 0 Å². The highest BCUT2D eigenvalue weighted by molar-refractivity contribution is 7.88. The second-order valence-corrected chi connectivity index (χ2v) is 14.2. The van der Waals surface area contributed by atoms with E-state index in [-0.39, 0.29) is 35.3 Å². The first-order chi connectivity index (χ1) is 18.7. The molecule has 0 amide bonds. The Hall–Kier alpha value is -2.62. The summed E-state index contributed by atoms with van der Waals surface area (Å²) in [7, 11) is -1.95. The van der Waals surface area contributed by atoms with Gasteiger partial charge in [-0.15, -0.1) is 0 Å². The number of likely N-dealkylation sites (N-methyl/N-ethyl adjacent to an activating group) is 1. The Balaban J connectivity index is 1.31. The number of nitrogens with zero attached hydrogens (tertiary/aromatic N) is 2. The zero-order valence-electron chi connectivity index (χ0n) is 22.5. The number of hydrogen-bond acceptors (Lipinski definition) is 7. The van der Waals surface area contributed by atoms with Crippen molar-refractivity contribution in [2.45, 2.75) is 74.8 Å². The molecule has 5 aliphatic rings. The van der Waals surface area contributed by atoms with Gasteiger partial charge in [-0.2, -0.15) is 4.31 Å². The maximum Gasteiger partial charge on any atom is 0.308 e. The number of carbonyl (C=O) groups is 1. The summed E-state index contributed by atoms with van der Waals surface area (Å²) < 4.78 is 41.2. The van der Waals surface area contributed by atoms with E-state index in [1.165, 1.54) is 30.1 Å². The molecular formula is C30H36N2O6S. The van der Waals surface area contributed by atoms with E-state index in [1.807, 2.05) is 30.3 Å². The van der Waals surface area contributed by atoms with E-state index in [1.54, 1.807) is 7.05 Å². The predicted molar refractivity (Wildman–Crippen MR) is 145 cm³/mol. The van der Waals surface area contributed by atoms with Crippen molar-refractivity contribution in [1.82, 2.24) is 9.21 Å². The van der Waals surface area contributed by atoms with Crippen LogP contribution in [-0.2, 0) is 32.4 Å². The lowest BCUT2D eigenvalue weighted by molar-refractivity contribution is -0.132. The topological polar surface area (TPSA) is 96.4 Å². The Labute approximate surface area is 229 Å². The summed E-state index contributed by atoms with van der Waals surface area (Å²) in [6.07, 6.45) is 5.31. The molecule has 0 aromatic heterocycles.